The number of carbonyl (C=O) groups excluding carboxylic acids is 5. The van der Waals surface area contributed by atoms with Gasteiger partial charge < -0.3 is 24.3 Å². The first kappa shape index (κ1) is 32.3. The van der Waals surface area contributed by atoms with Crippen LogP contribution in [-0.2, 0) is 19.1 Å². The van der Waals surface area contributed by atoms with Gasteiger partial charge in [-0.25, -0.2) is 14.4 Å². The van der Waals surface area contributed by atoms with E-state index >= 15 is 0 Å². The van der Waals surface area contributed by atoms with Gasteiger partial charge in [-0.2, -0.15) is 0 Å². The lowest BCUT2D eigenvalue weighted by Crippen LogP contribution is -2.54. The first-order valence-electron chi connectivity index (χ1n) is 12.7. The van der Waals surface area contributed by atoms with E-state index in [1.807, 2.05) is 5.43 Å². The Balaban J connectivity index is 1.50. The number of ether oxygens (including phenoxy) is 2. The zero-order valence-corrected chi connectivity index (χ0v) is 24.2. The molecule has 4 rings (SSSR count). The molecule has 0 aliphatic rings. The Hall–Kier alpha value is -5.66. The van der Waals surface area contributed by atoms with E-state index in [1.165, 1.54) is 85.1 Å². The standard InChI is InChI=1S/C30H21Cl2N3O10/c31-20-8-3-1-6-18(20)29(41)44-23(24(28(39)40)45-30(42)19-7-2-4-9-21(19)32)27(38)35-34-25(36)16-11-13-17(14-12-16)33-26(37)22-10-5-15-43-22/h1-15,23-24H,(H,33,37)(H,34,36)(H,35,38)(H,39,40)/t23-,24-/m1/s1. The molecular formula is C30H21Cl2N3O10. The maximum atomic E-state index is 13.2. The lowest BCUT2D eigenvalue weighted by atomic mass is 10.1. The number of rotatable bonds is 10. The molecule has 0 saturated heterocycles. The van der Waals surface area contributed by atoms with Crippen LogP contribution in [0, 0.1) is 0 Å². The van der Waals surface area contributed by atoms with E-state index in [0.717, 1.165) is 0 Å². The summed E-state index contributed by atoms with van der Waals surface area (Å²) in [5.74, 6) is -7.01. The summed E-state index contributed by atoms with van der Waals surface area (Å²) < 4.78 is 15.2. The number of esters is 2. The molecule has 4 aromatic rings. The Kier molecular flexibility index (Phi) is 10.5. The highest BCUT2D eigenvalue weighted by Crippen LogP contribution is 2.21. The molecule has 3 aromatic carbocycles. The van der Waals surface area contributed by atoms with Gasteiger partial charge in [0.25, 0.3) is 17.7 Å². The smallest absolute Gasteiger partial charge is 0.349 e. The average molecular weight is 654 g/mol. The highest BCUT2D eigenvalue weighted by Gasteiger charge is 2.41. The van der Waals surface area contributed by atoms with Gasteiger partial charge in [0.15, 0.2) is 5.76 Å². The SMILES string of the molecule is O=C(NNC(=O)[C@H](OC(=O)c1ccccc1Cl)[C@@H](OC(=O)c1ccccc1Cl)C(=O)O)c1ccc(NC(=O)c2ccco2)cc1. The third kappa shape index (κ3) is 8.25. The highest BCUT2D eigenvalue weighted by molar-refractivity contribution is 6.34. The van der Waals surface area contributed by atoms with E-state index in [1.54, 1.807) is 6.07 Å². The molecule has 0 aliphatic carbocycles. The molecule has 45 heavy (non-hydrogen) atoms. The number of halogens is 2. The Labute approximate surface area is 264 Å². The van der Waals surface area contributed by atoms with E-state index in [-0.39, 0.29) is 32.5 Å². The molecule has 13 nitrogen and oxygen atoms in total. The number of carbonyl (C=O) groups is 6. The van der Waals surface area contributed by atoms with Crippen molar-refractivity contribution in [3.8, 4) is 0 Å². The number of carboxylic acid groups (broad SMARTS) is 1. The van der Waals surface area contributed by atoms with Crippen molar-refractivity contribution in [3.63, 3.8) is 0 Å². The minimum atomic E-state index is -2.39. The summed E-state index contributed by atoms with van der Waals surface area (Å²) in [5.41, 5.74) is 3.92. The number of aliphatic carboxylic acids is 1. The number of nitrogens with one attached hydrogen (secondary N) is 3. The Morgan fingerprint density at radius 1 is 0.667 bits per heavy atom. The predicted octanol–water partition coefficient (Wildman–Crippen LogP) is 4.14. The Morgan fingerprint density at radius 3 is 1.73 bits per heavy atom. The van der Waals surface area contributed by atoms with Crippen LogP contribution < -0.4 is 16.2 Å². The van der Waals surface area contributed by atoms with Gasteiger partial charge in [0.2, 0.25) is 12.2 Å². The van der Waals surface area contributed by atoms with Crippen molar-refractivity contribution in [2.45, 2.75) is 12.2 Å². The molecule has 0 radical (unpaired) electrons. The summed E-state index contributed by atoms with van der Waals surface area (Å²) in [7, 11) is 0. The average Bonchev–Trinajstić information content (AvgIpc) is 3.57. The van der Waals surface area contributed by atoms with Crippen LogP contribution in [0.15, 0.2) is 95.6 Å². The van der Waals surface area contributed by atoms with Crippen LogP contribution in [0.2, 0.25) is 10.0 Å². The monoisotopic (exact) mass is 653 g/mol. The number of hydrogen-bond donors (Lipinski definition) is 4. The second kappa shape index (κ2) is 14.7. The number of anilines is 1. The number of amides is 3. The number of carboxylic acids is 1. The summed E-state index contributed by atoms with van der Waals surface area (Å²) in [6, 6.07) is 19.6. The molecule has 0 unspecified atom stereocenters. The summed E-state index contributed by atoms with van der Waals surface area (Å²) in [5, 5.41) is 12.3. The van der Waals surface area contributed by atoms with E-state index in [9.17, 15) is 33.9 Å². The van der Waals surface area contributed by atoms with Gasteiger partial charge in [-0.05, 0) is 60.7 Å². The summed E-state index contributed by atoms with van der Waals surface area (Å²) in [4.78, 5) is 75.9. The number of furan rings is 1. The first-order valence-corrected chi connectivity index (χ1v) is 13.5. The van der Waals surface area contributed by atoms with Gasteiger partial charge in [0.1, 0.15) is 0 Å². The van der Waals surface area contributed by atoms with Crippen molar-refractivity contribution < 1.29 is 47.8 Å². The summed E-state index contributed by atoms with van der Waals surface area (Å²) in [6.45, 7) is 0. The topological polar surface area (TPSA) is 190 Å². The summed E-state index contributed by atoms with van der Waals surface area (Å²) in [6.07, 6.45) is -3.38. The fourth-order valence-electron chi connectivity index (χ4n) is 3.67. The zero-order chi connectivity index (χ0) is 32.5. The van der Waals surface area contributed by atoms with E-state index in [0.29, 0.717) is 5.69 Å². The van der Waals surface area contributed by atoms with Gasteiger partial charge in [-0.15, -0.1) is 0 Å². The molecule has 4 N–H and O–H groups in total. The van der Waals surface area contributed by atoms with E-state index < -0.39 is 47.8 Å². The number of hydrogen-bond acceptors (Lipinski definition) is 9. The largest absolute Gasteiger partial charge is 0.478 e. The molecule has 2 atom stereocenters. The van der Waals surface area contributed by atoms with Crippen molar-refractivity contribution in [3.05, 3.63) is 124 Å². The minimum absolute atomic E-state index is 0.0100. The summed E-state index contributed by atoms with van der Waals surface area (Å²) >= 11 is 12.0. The van der Waals surface area contributed by atoms with Gasteiger partial charge in [-0.1, -0.05) is 47.5 Å². The van der Waals surface area contributed by atoms with Crippen molar-refractivity contribution in [1.29, 1.82) is 0 Å². The normalized spacial score (nSPS) is 11.8. The first-order chi connectivity index (χ1) is 21.5. The van der Waals surface area contributed by atoms with Crippen LogP contribution >= 0.6 is 23.2 Å². The van der Waals surface area contributed by atoms with Gasteiger partial charge in [-0.3, -0.25) is 25.2 Å². The maximum absolute atomic E-state index is 13.2. The molecular weight excluding hydrogens is 633 g/mol. The molecule has 15 heteroatoms. The Morgan fingerprint density at radius 2 is 1.22 bits per heavy atom. The van der Waals surface area contributed by atoms with Crippen LogP contribution in [-0.4, -0.2) is 52.9 Å². The second-order valence-corrected chi connectivity index (χ2v) is 9.72. The van der Waals surface area contributed by atoms with Gasteiger partial charge in [0, 0.05) is 11.3 Å². The number of benzene rings is 3. The molecule has 230 valence electrons. The fraction of sp³-hybridized carbons (Fsp3) is 0.0667. The van der Waals surface area contributed by atoms with Crippen molar-refractivity contribution >= 4 is 64.5 Å². The van der Waals surface area contributed by atoms with Crippen molar-refractivity contribution in [2.75, 3.05) is 5.32 Å². The lowest BCUT2D eigenvalue weighted by molar-refractivity contribution is -0.159. The molecule has 0 saturated carbocycles. The molecule has 0 bridgehead atoms. The highest BCUT2D eigenvalue weighted by atomic mass is 35.5. The van der Waals surface area contributed by atoms with Crippen molar-refractivity contribution in [1.82, 2.24) is 10.9 Å². The van der Waals surface area contributed by atoms with Crippen molar-refractivity contribution in [2.24, 2.45) is 0 Å². The third-order valence-corrected chi connectivity index (χ3v) is 6.54. The molecule has 1 heterocycles. The minimum Gasteiger partial charge on any atom is -0.478 e. The van der Waals surface area contributed by atoms with E-state index in [4.69, 9.17) is 37.1 Å². The third-order valence-electron chi connectivity index (χ3n) is 5.88. The number of hydrazine groups is 1. The zero-order valence-electron chi connectivity index (χ0n) is 22.7. The molecule has 3 amide bonds. The predicted molar refractivity (Wildman–Crippen MR) is 158 cm³/mol. The van der Waals surface area contributed by atoms with Crippen LogP contribution in [0.25, 0.3) is 0 Å². The Bertz CT molecular complexity index is 1740. The van der Waals surface area contributed by atoms with Gasteiger partial charge in [0.05, 0.1) is 27.4 Å². The fourth-order valence-corrected chi connectivity index (χ4v) is 4.10. The quantitative estimate of drug-likeness (QED) is 0.143. The van der Waals surface area contributed by atoms with Gasteiger partial charge >= 0.3 is 17.9 Å². The van der Waals surface area contributed by atoms with Crippen LogP contribution in [0.5, 0.6) is 0 Å². The lowest BCUT2D eigenvalue weighted by Gasteiger charge is -2.24. The van der Waals surface area contributed by atoms with E-state index in [2.05, 4.69) is 10.7 Å². The molecule has 0 aliphatic heterocycles. The molecule has 0 spiro atoms. The van der Waals surface area contributed by atoms with Crippen LogP contribution in [0.1, 0.15) is 41.6 Å². The maximum Gasteiger partial charge on any atom is 0.349 e. The molecule has 0 fully saturated rings. The second-order valence-electron chi connectivity index (χ2n) is 8.90. The van der Waals surface area contributed by atoms with Crippen LogP contribution in [0.3, 0.4) is 0 Å². The molecule has 1 aromatic heterocycles. The van der Waals surface area contributed by atoms with Crippen LogP contribution in [0.4, 0.5) is 5.69 Å².